The van der Waals surface area contributed by atoms with Crippen molar-refractivity contribution in [2.45, 2.75) is 38.1 Å². The monoisotopic (exact) mass is 357 g/mol. The number of carbonyl (C=O) groups excluding carboxylic acids is 1. The second kappa shape index (κ2) is 7.02. The molecule has 114 valence electrons. The largest absolute Gasteiger partial charge is 0.481 e. The maximum absolute atomic E-state index is 13.5. The number of hydrogen-bond donors (Lipinski definition) is 2. The highest BCUT2D eigenvalue weighted by molar-refractivity contribution is 9.10. The standard InChI is InChI=1S/C15H17BrFNO3/c16-11-7-6-9(8-12(11)17)14(19)18-13-5-3-1-2-4-10(13)15(20)21/h6-8,10,13H,1-5H2,(H,18,19)(H,20,21). The molecule has 0 aliphatic heterocycles. The third kappa shape index (κ3) is 4.03. The van der Waals surface area contributed by atoms with Crippen molar-refractivity contribution in [3.05, 3.63) is 34.1 Å². The average molecular weight is 358 g/mol. The maximum Gasteiger partial charge on any atom is 0.308 e. The Hall–Kier alpha value is -1.43. The minimum absolute atomic E-state index is 0.198. The first kappa shape index (κ1) is 15.9. The predicted molar refractivity (Wildman–Crippen MR) is 79.6 cm³/mol. The van der Waals surface area contributed by atoms with E-state index < -0.39 is 29.7 Å². The number of benzene rings is 1. The molecule has 4 nitrogen and oxygen atoms in total. The summed E-state index contributed by atoms with van der Waals surface area (Å²) in [5.74, 6) is -2.40. The SMILES string of the molecule is O=C(NC1CCCCCC1C(=O)O)c1ccc(Br)c(F)c1. The van der Waals surface area contributed by atoms with Gasteiger partial charge in [0.15, 0.2) is 0 Å². The van der Waals surface area contributed by atoms with Crippen molar-refractivity contribution in [2.24, 2.45) is 5.92 Å². The summed E-state index contributed by atoms with van der Waals surface area (Å²) in [5, 5.41) is 12.0. The molecule has 0 spiro atoms. The number of carbonyl (C=O) groups is 2. The van der Waals surface area contributed by atoms with Crippen LogP contribution in [0.2, 0.25) is 0 Å². The molecule has 0 saturated heterocycles. The molecule has 2 rings (SSSR count). The van der Waals surface area contributed by atoms with Crippen LogP contribution < -0.4 is 5.32 Å². The zero-order chi connectivity index (χ0) is 15.4. The Kier molecular flexibility index (Phi) is 5.33. The highest BCUT2D eigenvalue weighted by Gasteiger charge is 2.30. The van der Waals surface area contributed by atoms with E-state index in [2.05, 4.69) is 21.2 Å². The van der Waals surface area contributed by atoms with E-state index in [0.717, 1.165) is 25.3 Å². The number of halogens is 2. The Balaban J connectivity index is 2.12. The highest BCUT2D eigenvalue weighted by Crippen LogP contribution is 2.24. The Morgan fingerprint density at radius 2 is 1.95 bits per heavy atom. The van der Waals surface area contributed by atoms with Crippen LogP contribution in [0, 0.1) is 11.7 Å². The van der Waals surface area contributed by atoms with E-state index in [4.69, 9.17) is 0 Å². The Morgan fingerprint density at radius 1 is 1.24 bits per heavy atom. The molecule has 1 amide bonds. The van der Waals surface area contributed by atoms with E-state index in [-0.39, 0.29) is 10.0 Å². The molecule has 1 fully saturated rings. The van der Waals surface area contributed by atoms with Gasteiger partial charge in [0.05, 0.1) is 10.4 Å². The van der Waals surface area contributed by atoms with E-state index in [9.17, 15) is 19.1 Å². The third-order valence-electron chi connectivity index (χ3n) is 3.83. The van der Waals surface area contributed by atoms with Gasteiger partial charge in [-0.05, 0) is 47.0 Å². The lowest BCUT2D eigenvalue weighted by atomic mass is 9.94. The lowest BCUT2D eigenvalue weighted by Gasteiger charge is -2.22. The molecule has 0 radical (unpaired) electrons. The lowest BCUT2D eigenvalue weighted by molar-refractivity contribution is -0.142. The highest BCUT2D eigenvalue weighted by atomic mass is 79.9. The molecule has 2 atom stereocenters. The average Bonchev–Trinajstić information content (AvgIpc) is 2.67. The van der Waals surface area contributed by atoms with Gasteiger partial charge in [0, 0.05) is 11.6 Å². The van der Waals surface area contributed by atoms with Crippen molar-refractivity contribution in [1.82, 2.24) is 5.32 Å². The summed E-state index contributed by atoms with van der Waals surface area (Å²) in [6.45, 7) is 0. The number of carboxylic acids is 1. The number of aliphatic carboxylic acids is 1. The fraction of sp³-hybridized carbons (Fsp3) is 0.467. The van der Waals surface area contributed by atoms with Crippen LogP contribution in [0.5, 0.6) is 0 Å². The normalized spacial score (nSPS) is 22.4. The third-order valence-corrected chi connectivity index (χ3v) is 4.47. The molecule has 0 heterocycles. The fourth-order valence-electron chi connectivity index (χ4n) is 2.67. The van der Waals surface area contributed by atoms with Crippen LogP contribution in [0.15, 0.2) is 22.7 Å². The number of amides is 1. The molecule has 6 heteroatoms. The first-order valence-corrected chi connectivity index (χ1v) is 7.77. The van der Waals surface area contributed by atoms with E-state index in [1.54, 1.807) is 0 Å². The summed E-state index contributed by atoms with van der Waals surface area (Å²) >= 11 is 3.03. The van der Waals surface area contributed by atoms with Gasteiger partial charge >= 0.3 is 5.97 Å². The van der Waals surface area contributed by atoms with Crippen LogP contribution in [0.3, 0.4) is 0 Å². The Morgan fingerprint density at radius 3 is 2.62 bits per heavy atom. The van der Waals surface area contributed by atoms with E-state index in [1.165, 1.54) is 12.1 Å². The molecular formula is C15H17BrFNO3. The predicted octanol–water partition coefficient (Wildman–Crippen LogP) is 3.35. The van der Waals surface area contributed by atoms with E-state index in [0.29, 0.717) is 12.8 Å². The van der Waals surface area contributed by atoms with Gasteiger partial charge in [0.1, 0.15) is 5.82 Å². The van der Waals surface area contributed by atoms with Gasteiger partial charge in [-0.3, -0.25) is 9.59 Å². The molecule has 1 aromatic rings. The van der Waals surface area contributed by atoms with Gasteiger partial charge in [-0.15, -0.1) is 0 Å². The zero-order valence-corrected chi connectivity index (χ0v) is 13.0. The van der Waals surface area contributed by atoms with Gasteiger partial charge < -0.3 is 10.4 Å². The van der Waals surface area contributed by atoms with Crippen molar-refractivity contribution in [1.29, 1.82) is 0 Å². The van der Waals surface area contributed by atoms with Crippen LogP contribution in [-0.4, -0.2) is 23.0 Å². The van der Waals surface area contributed by atoms with Crippen molar-refractivity contribution >= 4 is 27.8 Å². The lowest BCUT2D eigenvalue weighted by Crippen LogP contribution is -2.42. The smallest absolute Gasteiger partial charge is 0.308 e. The molecule has 2 unspecified atom stereocenters. The topological polar surface area (TPSA) is 66.4 Å². The molecule has 21 heavy (non-hydrogen) atoms. The Labute approximate surface area is 130 Å². The number of nitrogens with one attached hydrogen (secondary N) is 1. The van der Waals surface area contributed by atoms with Crippen LogP contribution in [0.4, 0.5) is 4.39 Å². The van der Waals surface area contributed by atoms with Crippen LogP contribution >= 0.6 is 15.9 Å². The summed E-state index contributed by atoms with van der Waals surface area (Å²) in [7, 11) is 0. The second-order valence-corrected chi connectivity index (χ2v) is 6.15. The fourth-order valence-corrected chi connectivity index (χ4v) is 2.91. The summed E-state index contributed by atoms with van der Waals surface area (Å²) in [6.07, 6.45) is 3.93. The molecule has 1 aliphatic carbocycles. The molecular weight excluding hydrogens is 341 g/mol. The Bertz CT molecular complexity index is 550. The van der Waals surface area contributed by atoms with Crippen LogP contribution in [0.25, 0.3) is 0 Å². The van der Waals surface area contributed by atoms with Gasteiger partial charge in [-0.1, -0.05) is 19.3 Å². The molecule has 1 saturated carbocycles. The summed E-state index contributed by atoms with van der Waals surface area (Å²) in [4.78, 5) is 23.5. The number of hydrogen-bond acceptors (Lipinski definition) is 2. The molecule has 2 N–H and O–H groups in total. The maximum atomic E-state index is 13.5. The van der Waals surface area contributed by atoms with Crippen molar-refractivity contribution in [3.8, 4) is 0 Å². The minimum atomic E-state index is -0.885. The summed E-state index contributed by atoms with van der Waals surface area (Å²) in [6, 6.07) is 3.72. The van der Waals surface area contributed by atoms with Gasteiger partial charge in [0.2, 0.25) is 0 Å². The first-order valence-electron chi connectivity index (χ1n) is 6.98. The quantitative estimate of drug-likeness (QED) is 0.815. The van der Waals surface area contributed by atoms with Gasteiger partial charge in [-0.25, -0.2) is 4.39 Å². The number of carboxylic acid groups (broad SMARTS) is 1. The molecule has 0 aromatic heterocycles. The van der Waals surface area contributed by atoms with Crippen molar-refractivity contribution < 1.29 is 19.1 Å². The summed E-state index contributed by atoms with van der Waals surface area (Å²) in [5.41, 5.74) is 0.198. The van der Waals surface area contributed by atoms with Crippen molar-refractivity contribution in [2.75, 3.05) is 0 Å². The van der Waals surface area contributed by atoms with Gasteiger partial charge in [0.25, 0.3) is 5.91 Å². The van der Waals surface area contributed by atoms with E-state index in [1.807, 2.05) is 0 Å². The van der Waals surface area contributed by atoms with Crippen molar-refractivity contribution in [3.63, 3.8) is 0 Å². The number of rotatable bonds is 3. The molecule has 0 bridgehead atoms. The molecule has 1 aliphatic rings. The van der Waals surface area contributed by atoms with Gasteiger partial charge in [-0.2, -0.15) is 0 Å². The van der Waals surface area contributed by atoms with Crippen LogP contribution in [-0.2, 0) is 4.79 Å². The minimum Gasteiger partial charge on any atom is -0.481 e. The molecule has 1 aromatic carbocycles. The second-order valence-electron chi connectivity index (χ2n) is 5.29. The van der Waals surface area contributed by atoms with E-state index >= 15 is 0 Å². The van der Waals surface area contributed by atoms with Crippen LogP contribution in [0.1, 0.15) is 42.5 Å². The zero-order valence-electron chi connectivity index (χ0n) is 11.4. The first-order chi connectivity index (χ1) is 9.99. The summed E-state index contributed by atoms with van der Waals surface area (Å²) < 4.78 is 13.8.